The van der Waals surface area contributed by atoms with Gasteiger partial charge in [0, 0.05) is 43.1 Å². The van der Waals surface area contributed by atoms with Gasteiger partial charge in [0.2, 0.25) is 5.78 Å². The van der Waals surface area contributed by atoms with Crippen molar-refractivity contribution in [3.05, 3.63) is 83.8 Å². The number of imidazole rings is 2. The van der Waals surface area contributed by atoms with E-state index in [1.54, 1.807) is 58.9 Å². The van der Waals surface area contributed by atoms with E-state index >= 15 is 0 Å². The first-order valence-corrected chi connectivity index (χ1v) is 8.40. The van der Waals surface area contributed by atoms with Gasteiger partial charge in [-0.25, -0.2) is 9.97 Å². The minimum Gasteiger partial charge on any atom is -0.331 e. The zero-order valence-electron chi connectivity index (χ0n) is 14.9. The zero-order chi connectivity index (χ0) is 19.0. The first-order valence-electron chi connectivity index (χ1n) is 8.40. The van der Waals surface area contributed by atoms with E-state index in [1.807, 2.05) is 25.3 Å². The maximum Gasteiger partial charge on any atom is 0.275 e. The second kappa shape index (κ2) is 6.53. The number of nitrogens with zero attached hydrogens (tertiary/aromatic N) is 4. The highest BCUT2D eigenvalue weighted by molar-refractivity contribution is 6.07. The van der Waals surface area contributed by atoms with Gasteiger partial charge in [-0.1, -0.05) is 0 Å². The van der Waals surface area contributed by atoms with Crippen LogP contribution in [0.5, 0.6) is 0 Å². The van der Waals surface area contributed by atoms with E-state index in [9.17, 15) is 9.59 Å². The van der Waals surface area contributed by atoms with Crippen LogP contribution in [0.3, 0.4) is 0 Å². The predicted molar refractivity (Wildman–Crippen MR) is 101 cm³/mol. The number of carbonyl (C=O) groups is 2. The largest absolute Gasteiger partial charge is 0.331 e. The molecule has 3 aromatic heterocycles. The van der Waals surface area contributed by atoms with Gasteiger partial charge in [0.05, 0.1) is 0 Å². The summed E-state index contributed by atoms with van der Waals surface area (Å²) in [7, 11) is 1.77. The number of pyridine rings is 1. The summed E-state index contributed by atoms with van der Waals surface area (Å²) in [5.41, 5.74) is 3.22. The van der Waals surface area contributed by atoms with Crippen molar-refractivity contribution < 1.29 is 9.59 Å². The maximum absolute atomic E-state index is 12.5. The number of ketones is 1. The monoisotopic (exact) mass is 359 g/mol. The van der Waals surface area contributed by atoms with Gasteiger partial charge in [0.15, 0.2) is 5.82 Å². The van der Waals surface area contributed by atoms with Crippen molar-refractivity contribution in [2.75, 3.05) is 5.32 Å². The lowest BCUT2D eigenvalue weighted by Gasteiger charge is -2.05. The van der Waals surface area contributed by atoms with Gasteiger partial charge < -0.3 is 14.3 Å². The number of hydrogen-bond acceptors (Lipinski definition) is 4. The Hall–Kier alpha value is -3.74. The Morgan fingerprint density at radius 3 is 2.56 bits per heavy atom. The molecule has 0 saturated carbocycles. The normalized spacial score (nSPS) is 10.9. The molecule has 1 aromatic carbocycles. The van der Waals surface area contributed by atoms with Crippen LogP contribution in [-0.4, -0.2) is 30.6 Å². The second-order valence-corrected chi connectivity index (χ2v) is 6.32. The Morgan fingerprint density at radius 2 is 1.85 bits per heavy atom. The molecule has 3 heterocycles. The minimum absolute atomic E-state index is 0.170. The molecule has 4 rings (SSSR count). The molecular formula is C20H17N5O2. The molecule has 0 bridgehead atoms. The molecule has 0 unspecified atom stereocenters. The van der Waals surface area contributed by atoms with E-state index in [1.165, 1.54) is 0 Å². The number of carbonyl (C=O) groups excluding carboxylic acids is 2. The molecule has 7 nitrogen and oxygen atoms in total. The van der Waals surface area contributed by atoms with Gasteiger partial charge in [0.1, 0.15) is 11.3 Å². The quantitative estimate of drug-likeness (QED) is 0.568. The fourth-order valence-corrected chi connectivity index (χ4v) is 2.81. The summed E-state index contributed by atoms with van der Waals surface area (Å²) in [4.78, 5) is 33.3. The molecule has 0 aliphatic carbocycles. The lowest BCUT2D eigenvalue weighted by atomic mass is 10.1. The molecule has 0 aliphatic rings. The van der Waals surface area contributed by atoms with Crippen LogP contribution in [0.1, 0.15) is 32.2 Å². The molecule has 0 saturated heterocycles. The van der Waals surface area contributed by atoms with Gasteiger partial charge in [-0.2, -0.15) is 0 Å². The second-order valence-electron chi connectivity index (χ2n) is 6.32. The first kappa shape index (κ1) is 16.7. The molecule has 0 spiro atoms. The number of aromatic nitrogens is 4. The van der Waals surface area contributed by atoms with Gasteiger partial charge >= 0.3 is 0 Å². The predicted octanol–water partition coefficient (Wildman–Crippen LogP) is 2.86. The van der Waals surface area contributed by atoms with Crippen molar-refractivity contribution in [2.45, 2.75) is 6.92 Å². The Morgan fingerprint density at radius 1 is 1.07 bits per heavy atom. The smallest absolute Gasteiger partial charge is 0.275 e. The van der Waals surface area contributed by atoms with E-state index in [-0.39, 0.29) is 11.7 Å². The van der Waals surface area contributed by atoms with Crippen LogP contribution >= 0.6 is 0 Å². The molecule has 27 heavy (non-hydrogen) atoms. The standard InChI is InChI=1S/C20H17N5O2/c1-13-7-9-25-12-16(23-17(25)11-13)20(27)22-15-5-3-14(4-6-15)18(26)19-21-8-10-24(19)2/h3-12H,1-2H3,(H,22,27). The van der Waals surface area contributed by atoms with E-state index < -0.39 is 0 Å². The summed E-state index contributed by atoms with van der Waals surface area (Å²) in [5, 5.41) is 2.80. The van der Waals surface area contributed by atoms with Gasteiger partial charge in [-0.05, 0) is 48.9 Å². The van der Waals surface area contributed by atoms with E-state index in [2.05, 4.69) is 15.3 Å². The zero-order valence-corrected chi connectivity index (χ0v) is 14.9. The molecule has 0 atom stereocenters. The fourth-order valence-electron chi connectivity index (χ4n) is 2.81. The Kier molecular flexibility index (Phi) is 4.04. The highest BCUT2D eigenvalue weighted by atomic mass is 16.2. The highest BCUT2D eigenvalue weighted by Gasteiger charge is 2.15. The Labute approximate surface area is 155 Å². The topological polar surface area (TPSA) is 81.3 Å². The molecule has 4 aromatic rings. The lowest BCUT2D eigenvalue weighted by molar-refractivity contribution is 0.101. The summed E-state index contributed by atoms with van der Waals surface area (Å²) in [6.07, 6.45) is 6.85. The number of amides is 1. The molecule has 0 aliphatic heterocycles. The van der Waals surface area contributed by atoms with Crippen molar-refractivity contribution in [2.24, 2.45) is 7.05 Å². The van der Waals surface area contributed by atoms with Crippen LogP contribution < -0.4 is 5.32 Å². The van der Waals surface area contributed by atoms with Crippen LogP contribution in [0, 0.1) is 6.92 Å². The van der Waals surface area contributed by atoms with Crippen molar-refractivity contribution in [3.8, 4) is 0 Å². The summed E-state index contributed by atoms with van der Waals surface area (Å²) >= 11 is 0. The number of hydrogen-bond donors (Lipinski definition) is 1. The third kappa shape index (κ3) is 3.22. The number of nitrogens with one attached hydrogen (secondary N) is 1. The summed E-state index contributed by atoms with van der Waals surface area (Å²) in [6, 6.07) is 10.6. The molecular weight excluding hydrogens is 342 g/mol. The van der Waals surface area contributed by atoms with Gasteiger partial charge in [-0.15, -0.1) is 0 Å². The molecule has 0 radical (unpaired) electrons. The summed E-state index contributed by atoms with van der Waals surface area (Å²) in [5.74, 6) is -0.109. The third-order valence-electron chi connectivity index (χ3n) is 4.28. The third-order valence-corrected chi connectivity index (χ3v) is 4.28. The SMILES string of the molecule is Cc1ccn2cc(C(=O)Nc3ccc(C(=O)c4nccn4C)cc3)nc2c1. The summed E-state index contributed by atoms with van der Waals surface area (Å²) < 4.78 is 3.47. The average Bonchev–Trinajstić information content (AvgIpc) is 3.27. The van der Waals surface area contributed by atoms with Crippen LogP contribution in [0.15, 0.2) is 61.2 Å². The molecule has 0 fully saturated rings. The van der Waals surface area contributed by atoms with Crippen LogP contribution in [-0.2, 0) is 7.05 Å². The average molecular weight is 359 g/mol. The number of rotatable bonds is 4. The molecule has 1 N–H and O–H groups in total. The number of benzene rings is 1. The lowest BCUT2D eigenvalue weighted by Crippen LogP contribution is -2.13. The first-order chi connectivity index (χ1) is 13.0. The van der Waals surface area contributed by atoms with Crippen LogP contribution in [0.25, 0.3) is 5.65 Å². The molecule has 1 amide bonds. The van der Waals surface area contributed by atoms with Crippen molar-refractivity contribution in [1.82, 2.24) is 18.9 Å². The molecule has 134 valence electrons. The van der Waals surface area contributed by atoms with E-state index in [4.69, 9.17) is 0 Å². The van der Waals surface area contributed by atoms with Gasteiger partial charge in [-0.3, -0.25) is 9.59 Å². The van der Waals surface area contributed by atoms with Crippen LogP contribution in [0.2, 0.25) is 0 Å². The fraction of sp³-hybridized carbons (Fsp3) is 0.100. The van der Waals surface area contributed by atoms with Gasteiger partial charge in [0.25, 0.3) is 5.91 Å². The highest BCUT2D eigenvalue weighted by Crippen LogP contribution is 2.15. The minimum atomic E-state index is -0.306. The molecule has 7 heteroatoms. The van der Waals surface area contributed by atoms with Crippen molar-refractivity contribution >= 4 is 23.0 Å². The number of aryl methyl sites for hydroxylation is 2. The van der Waals surface area contributed by atoms with Crippen molar-refractivity contribution in [1.29, 1.82) is 0 Å². The van der Waals surface area contributed by atoms with E-state index in [0.717, 1.165) is 11.2 Å². The summed E-state index contributed by atoms with van der Waals surface area (Å²) in [6.45, 7) is 1.97. The Bertz CT molecular complexity index is 1150. The maximum atomic E-state index is 12.5. The van der Waals surface area contributed by atoms with E-state index in [0.29, 0.717) is 22.8 Å². The number of fused-ring (bicyclic) bond motifs is 1. The van der Waals surface area contributed by atoms with Crippen LogP contribution in [0.4, 0.5) is 5.69 Å². The van der Waals surface area contributed by atoms with Crippen molar-refractivity contribution in [3.63, 3.8) is 0 Å². The number of anilines is 1. The Balaban J connectivity index is 1.51.